The van der Waals surface area contributed by atoms with Gasteiger partial charge in [0.2, 0.25) is 0 Å². The number of hydrogen-bond donors (Lipinski definition) is 1. The van der Waals surface area contributed by atoms with E-state index in [1.807, 2.05) is 36.4 Å². The van der Waals surface area contributed by atoms with Crippen LogP contribution in [-0.4, -0.2) is 55.8 Å². The number of benzene rings is 2. The molecule has 2 aromatic rings. The Kier molecular flexibility index (Phi) is 7.71. The molecule has 1 N–H and O–H groups in total. The maximum Gasteiger partial charge on any atom is 0.412 e. The lowest BCUT2D eigenvalue weighted by Gasteiger charge is -2.35. The molecule has 0 bridgehead atoms. The Balaban J connectivity index is 1.75. The van der Waals surface area contributed by atoms with E-state index < -0.39 is 17.7 Å². The van der Waals surface area contributed by atoms with Gasteiger partial charge in [0.1, 0.15) is 12.2 Å². The quantitative estimate of drug-likeness (QED) is 0.535. The molecule has 1 aliphatic heterocycles. The Morgan fingerprint density at radius 3 is 2.34 bits per heavy atom. The van der Waals surface area contributed by atoms with Gasteiger partial charge in [-0.1, -0.05) is 30.3 Å². The summed E-state index contributed by atoms with van der Waals surface area (Å²) in [7, 11) is 2.08. The molecule has 0 saturated carbocycles. The minimum Gasteiger partial charge on any atom is -0.444 e. The maximum atomic E-state index is 12.5. The predicted molar refractivity (Wildman–Crippen MR) is 123 cm³/mol. The van der Waals surface area contributed by atoms with Gasteiger partial charge in [0.15, 0.2) is 0 Å². The molecule has 1 saturated heterocycles. The van der Waals surface area contributed by atoms with Crippen molar-refractivity contribution in [1.82, 2.24) is 4.90 Å². The Hall–Kier alpha value is -3.10. The summed E-state index contributed by atoms with van der Waals surface area (Å²) >= 11 is 0. The fraction of sp³-hybridized carbons (Fsp3) is 0.417. The monoisotopic (exact) mass is 441 g/mol. The Labute approximate surface area is 189 Å². The second-order valence-corrected chi connectivity index (χ2v) is 8.78. The summed E-state index contributed by atoms with van der Waals surface area (Å²) in [6.45, 7) is 8.92. The van der Waals surface area contributed by atoms with E-state index in [0.717, 1.165) is 37.4 Å². The van der Waals surface area contributed by atoms with E-state index in [4.69, 9.17) is 14.5 Å². The van der Waals surface area contributed by atoms with Crippen molar-refractivity contribution in [3.63, 3.8) is 0 Å². The van der Waals surface area contributed by atoms with E-state index in [1.165, 1.54) is 0 Å². The molecule has 1 fully saturated rings. The van der Waals surface area contributed by atoms with Crippen LogP contribution in [0.3, 0.4) is 0 Å². The van der Waals surface area contributed by atoms with Crippen LogP contribution in [0.25, 0.3) is 0 Å². The average molecular weight is 442 g/mol. The van der Waals surface area contributed by atoms with Gasteiger partial charge < -0.3 is 14.5 Å². The molecule has 1 heterocycles. The minimum absolute atomic E-state index is 0.150. The topological polar surface area (TPSA) is 80.3 Å². The smallest absolute Gasteiger partial charge is 0.412 e. The zero-order valence-corrected chi connectivity index (χ0v) is 19.1. The number of piperazine rings is 1. The molecule has 1 amide bonds. The van der Waals surface area contributed by atoms with Crippen LogP contribution in [0, 0.1) is 0 Å². The zero-order chi connectivity index (χ0) is 23.1. The largest absolute Gasteiger partial charge is 0.444 e. The van der Waals surface area contributed by atoms with Gasteiger partial charge >= 0.3 is 12.1 Å². The van der Waals surface area contributed by atoms with E-state index >= 15 is 0 Å². The highest BCUT2D eigenvalue weighted by molar-refractivity contribution is 5.96. The second kappa shape index (κ2) is 10.5. The van der Waals surface area contributed by atoms with Crippen LogP contribution in [-0.2, 0) is 21.1 Å². The van der Waals surface area contributed by atoms with E-state index in [-0.39, 0.29) is 12.2 Å². The highest BCUT2D eigenvalue weighted by Crippen LogP contribution is 2.29. The van der Waals surface area contributed by atoms with Gasteiger partial charge in [-0.15, -0.1) is 0 Å². The fourth-order valence-electron chi connectivity index (χ4n) is 3.17. The van der Waals surface area contributed by atoms with Crippen molar-refractivity contribution < 1.29 is 24.1 Å². The van der Waals surface area contributed by atoms with Gasteiger partial charge in [0, 0.05) is 26.2 Å². The molecule has 8 heteroatoms. The Bertz CT molecular complexity index is 919. The van der Waals surface area contributed by atoms with Crippen molar-refractivity contribution in [2.75, 3.05) is 43.4 Å². The lowest BCUT2D eigenvalue weighted by Crippen LogP contribution is -2.44. The summed E-state index contributed by atoms with van der Waals surface area (Å²) in [5.41, 5.74) is 1.84. The summed E-state index contributed by atoms with van der Waals surface area (Å²) in [6, 6.07) is 14.5. The van der Waals surface area contributed by atoms with Crippen molar-refractivity contribution in [3.8, 4) is 0 Å². The van der Waals surface area contributed by atoms with Crippen molar-refractivity contribution in [1.29, 1.82) is 0 Å². The second-order valence-electron chi connectivity index (χ2n) is 8.78. The first kappa shape index (κ1) is 23.6. The van der Waals surface area contributed by atoms with Crippen LogP contribution >= 0.6 is 0 Å². The number of amides is 1. The number of carbonyl (C=O) groups excluding carboxylic acids is 2. The first-order valence-corrected chi connectivity index (χ1v) is 10.7. The normalized spacial score (nSPS) is 14.7. The van der Waals surface area contributed by atoms with Gasteiger partial charge in [0.25, 0.3) is 0 Å². The molecule has 0 aliphatic carbocycles. The van der Waals surface area contributed by atoms with Gasteiger partial charge in [-0.25, -0.2) is 9.59 Å². The van der Waals surface area contributed by atoms with Gasteiger partial charge in [-0.3, -0.25) is 10.2 Å². The molecule has 0 atom stereocenters. The number of rotatable bonds is 6. The molecule has 0 unspecified atom stereocenters. The molecule has 1 aliphatic rings. The van der Waals surface area contributed by atoms with E-state index in [2.05, 4.69) is 22.2 Å². The summed E-state index contributed by atoms with van der Waals surface area (Å²) < 4.78 is 5.37. The van der Waals surface area contributed by atoms with Crippen molar-refractivity contribution in [3.05, 3.63) is 59.7 Å². The van der Waals surface area contributed by atoms with Crippen molar-refractivity contribution >= 4 is 23.4 Å². The highest BCUT2D eigenvalue weighted by Gasteiger charge is 2.22. The average Bonchev–Trinajstić information content (AvgIpc) is 2.77. The standard InChI is InChI=1S/C24H31N3O5/c1-24(2,3)32-31-22(28)19-10-11-21(27-14-12-26(4)13-15-27)20(16-19)25-23(29)30-17-18-8-6-5-7-9-18/h5-11,16H,12-15,17H2,1-4H3,(H,25,29). The third-order valence-electron chi connectivity index (χ3n) is 4.89. The Morgan fingerprint density at radius 1 is 1.00 bits per heavy atom. The summed E-state index contributed by atoms with van der Waals surface area (Å²) in [5, 5.41) is 2.79. The number of anilines is 2. The number of likely N-dealkylation sites (N-methyl/N-ethyl adjacent to an activating group) is 1. The van der Waals surface area contributed by atoms with Gasteiger partial charge in [-0.2, -0.15) is 4.89 Å². The SMILES string of the molecule is CN1CCN(c2ccc(C(=O)OOC(C)(C)C)cc2NC(=O)OCc2ccccc2)CC1. The number of ether oxygens (including phenoxy) is 1. The van der Waals surface area contributed by atoms with E-state index in [0.29, 0.717) is 5.69 Å². The van der Waals surface area contributed by atoms with Crippen LogP contribution in [0.5, 0.6) is 0 Å². The predicted octanol–water partition coefficient (Wildman–Crippen LogP) is 4.07. The highest BCUT2D eigenvalue weighted by atomic mass is 17.2. The molecule has 8 nitrogen and oxygen atoms in total. The summed E-state index contributed by atoms with van der Waals surface area (Å²) in [5.74, 6) is -0.634. The minimum atomic E-state index is -0.634. The first-order chi connectivity index (χ1) is 15.2. The van der Waals surface area contributed by atoms with Crippen molar-refractivity contribution in [2.45, 2.75) is 33.0 Å². The molecule has 32 heavy (non-hydrogen) atoms. The molecule has 172 valence electrons. The number of nitrogens with zero attached hydrogens (tertiary/aromatic N) is 2. The fourth-order valence-corrected chi connectivity index (χ4v) is 3.17. The van der Waals surface area contributed by atoms with Crippen molar-refractivity contribution in [2.24, 2.45) is 0 Å². The molecule has 3 rings (SSSR count). The van der Waals surface area contributed by atoms with Crippen LogP contribution in [0.4, 0.5) is 16.2 Å². The number of carbonyl (C=O) groups is 2. The van der Waals surface area contributed by atoms with Crippen LogP contribution in [0.2, 0.25) is 0 Å². The molecular formula is C24H31N3O5. The first-order valence-electron chi connectivity index (χ1n) is 10.7. The molecular weight excluding hydrogens is 410 g/mol. The molecule has 0 aromatic heterocycles. The van der Waals surface area contributed by atoms with Gasteiger partial charge in [-0.05, 0) is 51.6 Å². The van der Waals surface area contributed by atoms with Gasteiger partial charge in [0.05, 0.1) is 16.9 Å². The third kappa shape index (κ3) is 6.96. The number of hydrogen-bond acceptors (Lipinski definition) is 7. The van der Waals surface area contributed by atoms with Crippen LogP contribution < -0.4 is 10.2 Å². The third-order valence-corrected chi connectivity index (χ3v) is 4.89. The zero-order valence-electron chi connectivity index (χ0n) is 19.1. The summed E-state index contributed by atoms with van der Waals surface area (Å²) in [6.07, 6.45) is -0.597. The summed E-state index contributed by atoms with van der Waals surface area (Å²) in [4.78, 5) is 39.5. The van der Waals surface area contributed by atoms with Crippen LogP contribution in [0.1, 0.15) is 36.7 Å². The Morgan fingerprint density at radius 2 is 1.69 bits per heavy atom. The van der Waals surface area contributed by atoms with E-state index in [1.54, 1.807) is 32.9 Å². The number of nitrogens with one attached hydrogen (secondary N) is 1. The molecule has 0 spiro atoms. The molecule has 0 radical (unpaired) electrons. The lowest BCUT2D eigenvalue weighted by atomic mass is 10.1. The molecule has 2 aromatic carbocycles. The maximum absolute atomic E-state index is 12.5. The lowest BCUT2D eigenvalue weighted by molar-refractivity contribution is -0.301. The van der Waals surface area contributed by atoms with E-state index in [9.17, 15) is 9.59 Å². The van der Waals surface area contributed by atoms with Crippen LogP contribution in [0.15, 0.2) is 48.5 Å².